The Bertz CT molecular complexity index is 2720. The van der Waals surface area contributed by atoms with Crippen LogP contribution in [0.3, 0.4) is 0 Å². The molecule has 6 aliphatic rings. The Morgan fingerprint density at radius 2 is 1.71 bits per heavy atom. The number of nitrogens with zero attached hydrogens (tertiary/aromatic N) is 3. The molecule has 1 amide bonds. The van der Waals surface area contributed by atoms with E-state index in [1.807, 2.05) is 86.2 Å². The number of aromatic nitrogens is 1. The zero-order valence-corrected chi connectivity index (χ0v) is 41.2. The van der Waals surface area contributed by atoms with Crippen molar-refractivity contribution in [2.24, 2.45) is 11.3 Å². The molecule has 8 atom stereocenters. The molecule has 2 fully saturated rings. The largest absolute Gasteiger partial charge is 0.496 e. The molecule has 3 N–H and O–H groups in total. The first-order valence-corrected chi connectivity index (χ1v) is 24.2. The number of hydrogen-bond donors (Lipinski definition) is 3. The van der Waals surface area contributed by atoms with Crippen LogP contribution in [-0.4, -0.2) is 142 Å². The van der Waals surface area contributed by atoms with E-state index in [0.717, 1.165) is 16.5 Å². The topological polar surface area (TPSA) is 189 Å². The Balaban J connectivity index is 1.39. The molecular formula is C53H65N5O11. The molecule has 1 spiro atoms. The van der Waals surface area contributed by atoms with Crippen LogP contribution in [0.2, 0.25) is 0 Å². The van der Waals surface area contributed by atoms with Crippen molar-refractivity contribution >= 4 is 46.4 Å². The van der Waals surface area contributed by atoms with Gasteiger partial charge in [0.1, 0.15) is 16.9 Å². The molecule has 1 aromatic heterocycles. The van der Waals surface area contributed by atoms with Crippen molar-refractivity contribution in [1.82, 2.24) is 20.1 Å². The lowest BCUT2D eigenvalue weighted by atomic mass is 9.47. The van der Waals surface area contributed by atoms with Crippen LogP contribution in [0, 0.1) is 11.3 Å². The molecule has 368 valence electrons. The second kappa shape index (κ2) is 17.7. The number of hydrogen-bond acceptors (Lipinski definition) is 14. The number of carbonyl (C=O) groups is 5. The fraction of sp³-hybridized carbons (Fsp3) is 0.528. The minimum absolute atomic E-state index is 0.0833. The Morgan fingerprint density at radius 3 is 2.38 bits per heavy atom. The van der Waals surface area contributed by atoms with Gasteiger partial charge in [0.05, 0.1) is 40.1 Å². The predicted octanol–water partition coefficient (Wildman–Crippen LogP) is 4.75. The van der Waals surface area contributed by atoms with E-state index in [9.17, 15) is 24.3 Å². The van der Waals surface area contributed by atoms with Crippen molar-refractivity contribution < 1.29 is 52.8 Å². The summed E-state index contributed by atoms with van der Waals surface area (Å²) >= 11 is 0. The number of H-pyrrole nitrogens is 1. The summed E-state index contributed by atoms with van der Waals surface area (Å²) in [7, 11) is 7.28. The lowest BCUT2D eigenvalue weighted by Gasteiger charge is -2.63. The Kier molecular flexibility index (Phi) is 12.3. The van der Waals surface area contributed by atoms with Gasteiger partial charge in [0.15, 0.2) is 6.10 Å². The van der Waals surface area contributed by atoms with E-state index in [2.05, 4.69) is 21.3 Å². The van der Waals surface area contributed by atoms with Gasteiger partial charge < -0.3 is 48.9 Å². The van der Waals surface area contributed by atoms with Crippen molar-refractivity contribution in [3.05, 3.63) is 93.9 Å². The van der Waals surface area contributed by atoms with Crippen LogP contribution < -0.4 is 15.0 Å². The van der Waals surface area contributed by atoms with E-state index in [1.165, 1.54) is 28.3 Å². The van der Waals surface area contributed by atoms with E-state index >= 15 is 4.79 Å². The highest BCUT2D eigenvalue weighted by Crippen LogP contribution is 2.68. The Morgan fingerprint density at radius 1 is 0.957 bits per heavy atom. The number of aliphatic hydroxyl groups is 1. The number of carbonyl (C=O) groups excluding carboxylic acids is 5. The van der Waals surface area contributed by atoms with Gasteiger partial charge in [0.25, 0.3) is 5.91 Å². The van der Waals surface area contributed by atoms with Crippen LogP contribution >= 0.6 is 0 Å². The van der Waals surface area contributed by atoms with E-state index < -0.39 is 69.8 Å². The average molecular weight is 948 g/mol. The molecule has 16 heteroatoms. The van der Waals surface area contributed by atoms with Crippen LogP contribution in [0.1, 0.15) is 82.2 Å². The molecule has 1 saturated heterocycles. The highest BCUT2D eigenvalue weighted by Gasteiger charge is 2.80. The summed E-state index contributed by atoms with van der Waals surface area (Å²) in [6.07, 6.45) is 7.21. The first-order valence-electron chi connectivity index (χ1n) is 24.2. The molecule has 5 aliphatic heterocycles. The maximum Gasteiger partial charge on any atom is 0.344 e. The highest BCUT2D eigenvalue weighted by atomic mass is 16.6. The van der Waals surface area contributed by atoms with Gasteiger partial charge in [-0.15, -0.1) is 0 Å². The minimum atomic E-state index is -2.38. The van der Waals surface area contributed by atoms with Crippen LogP contribution in [0.5, 0.6) is 5.75 Å². The summed E-state index contributed by atoms with van der Waals surface area (Å²) in [6.45, 7) is 9.54. The number of nitrogens with one attached hydrogen (secondary N) is 2. The highest BCUT2D eigenvalue weighted by molar-refractivity contribution is 6.04. The van der Waals surface area contributed by atoms with Gasteiger partial charge in [-0.1, -0.05) is 62.8 Å². The number of rotatable bonds is 11. The predicted molar refractivity (Wildman–Crippen MR) is 256 cm³/mol. The maximum absolute atomic E-state index is 15.8. The van der Waals surface area contributed by atoms with Gasteiger partial charge in [0, 0.05) is 97.4 Å². The molecule has 6 heterocycles. The molecule has 69 heavy (non-hydrogen) atoms. The SMILES string of the molecule is CCCNC(=O)/C1=C(\C(=O)OC)Cc2c([nH]c3ccccc23)[C@@](C(=O)OC)(c2cc3c(cc2OC)N(C)C2[C@]34CCN3CC=C[C@@](CC)([C@@H](OC(C)=O)[C@]2(O)C(=O)OC)[C@H]34)C[C@@H]2C=C(CC)CN1C2. The molecular weight excluding hydrogens is 883 g/mol. The smallest absolute Gasteiger partial charge is 0.344 e. The standard InChI is InChI=1S/C53H65N5O11/c1-10-20-54-43(60)41-35(44(61)66-7)24-34-33-16-13-14-17-38(33)55-42(34)52(48(62)67-8,27-32-23-31(11-2)28-58(41)29-32)37-25-36-39(26-40(37)65-6)56(5)46-51(36)19-22-57-21-15-18-50(12-3,45(51)57)47(69-30(4)59)53(46,64)49(63)68-9/h13-18,23,25-26,32,45-47,55,64H,10-12,19-22,24,27-29H2,1-9H3,(H,54,60)/b41-35+/t32-,45-,46?,47+,50+,51+,52-,53-/m0/s1. The number of methoxy groups -OCH3 is 4. The number of benzene rings is 2. The number of esters is 4. The number of ether oxygens (including phenoxy) is 5. The molecule has 9 rings (SSSR count). The summed E-state index contributed by atoms with van der Waals surface area (Å²) in [4.78, 5) is 82.2. The Labute approximate surface area is 403 Å². The third-order valence-electron chi connectivity index (χ3n) is 16.4. The average Bonchev–Trinajstić information content (AvgIpc) is 4.01. The van der Waals surface area contributed by atoms with E-state index in [4.69, 9.17) is 23.7 Å². The van der Waals surface area contributed by atoms with Crippen molar-refractivity contribution in [3.63, 3.8) is 0 Å². The number of fused-ring (bicyclic) bond motifs is 6. The number of amides is 1. The summed E-state index contributed by atoms with van der Waals surface area (Å²) < 4.78 is 29.7. The Hall–Kier alpha value is -6.13. The van der Waals surface area contributed by atoms with Gasteiger partial charge in [-0.05, 0) is 67.8 Å². The third kappa shape index (κ3) is 6.70. The van der Waals surface area contributed by atoms with Crippen LogP contribution in [-0.2, 0) is 60.2 Å². The minimum Gasteiger partial charge on any atom is -0.496 e. The zero-order chi connectivity index (χ0) is 49.4. The lowest BCUT2D eigenvalue weighted by molar-refractivity contribution is -0.228. The second-order valence-corrected chi connectivity index (χ2v) is 19.6. The summed E-state index contributed by atoms with van der Waals surface area (Å²) in [5.41, 5.74) is -1.02. The lowest BCUT2D eigenvalue weighted by Crippen LogP contribution is -2.81. The zero-order valence-electron chi connectivity index (χ0n) is 41.2. The van der Waals surface area contributed by atoms with E-state index in [0.29, 0.717) is 85.6 Å². The van der Waals surface area contributed by atoms with Gasteiger partial charge in [0.2, 0.25) is 5.60 Å². The quantitative estimate of drug-likeness (QED) is 0.136. The molecule has 2 aromatic carbocycles. The van der Waals surface area contributed by atoms with Crippen LogP contribution in [0.25, 0.3) is 10.9 Å². The number of likely N-dealkylation sites (N-methyl/N-ethyl adjacent to an activating group) is 1. The molecule has 1 aliphatic carbocycles. The van der Waals surface area contributed by atoms with Gasteiger partial charge >= 0.3 is 23.9 Å². The molecule has 3 aromatic rings. The third-order valence-corrected chi connectivity index (χ3v) is 16.4. The number of para-hydroxylation sites is 1. The van der Waals surface area contributed by atoms with Crippen LogP contribution in [0.15, 0.2) is 71.5 Å². The number of aromatic amines is 1. The summed E-state index contributed by atoms with van der Waals surface area (Å²) in [5.74, 6) is -3.24. The van der Waals surface area contributed by atoms with Crippen molar-refractivity contribution in [1.29, 1.82) is 0 Å². The summed E-state index contributed by atoms with van der Waals surface area (Å²) in [5, 5.41) is 17.3. The van der Waals surface area contributed by atoms with Gasteiger partial charge in [-0.3, -0.25) is 19.3 Å². The number of anilines is 1. The van der Waals surface area contributed by atoms with E-state index in [-0.39, 0.29) is 36.6 Å². The van der Waals surface area contributed by atoms with Gasteiger partial charge in [-0.2, -0.15) is 0 Å². The fourth-order valence-corrected chi connectivity index (χ4v) is 13.9. The van der Waals surface area contributed by atoms with Crippen molar-refractivity contribution in [2.75, 3.05) is 73.1 Å². The van der Waals surface area contributed by atoms with E-state index in [1.54, 1.807) is 7.11 Å². The van der Waals surface area contributed by atoms with Crippen molar-refractivity contribution in [3.8, 4) is 5.75 Å². The van der Waals surface area contributed by atoms with Gasteiger partial charge in [-0.25, -0.2) is 9.59 Å². The first-order chi connectivity index (χ1) is 33.1. The normalized spacial score (nSPS) is 31.1. The molecule has 1 unspecified atom stereocenters. The maximum atomic E-state index is 15.8. The van der Waals surface area contributed by atoms with Crippen molar-refractivity contribution in [2.45, 2.75) is 101 Å². The monoisotopic (exact) mass is 947 g/mol. The fourth-order valence-electron chi connectivity index (χ4n) is 13.9. The molecule has 1 saturated carbocycles. The molecule has 16 nitrogen and oxygen atoms in total. The first kappa shape index (κ1) is 47.9. The van der Waals surface area contributed by atoms with Crippen LogP contribution in [0.4, 0.5) is 5.69 Å². The summed E-state index contributed by atoms with van der Waals surface area (Å²) in [6, 6.07) is 10.1. The second-order valence-electron chi connectivity index (χ2n) is 19.6. The molecule has 0 radical (unpaired) electrons. The molecule has 2 bridgehead atoms.